The van der Waals surface area contributed by atoms with Crippen LogP contribution in [0.2, 0.25) is 10.0 Å². The molecule has 3 aromatic rings. The van der Waals surface area contributed by atoms with Gasteiger partial charge in [-0.05, 0) is 61.7 Å². The maximum absolute atomic E-state index is 13.9. The van der Waals surface area contributed by atoms with E-state index in [1.807, 2.05) is 50.2 Å². The van der Waals surface area contributed by atoms with E-state index in [1.165, 1.54) is 17.5 Å². The summed E-state index contributed by atoms with van der Waals surface area (Å²) in [6.45, 7) is 3.93. The molecule has 0 fully saturated rings. The Morgan fingerprint density at radius 2 is 1.64 bits per heavy atom. The number of amides is 2. The van der Waals surface area contributed by atoms with Crippen LogP contribution < -0.4 is 14.4 Å². The van der Waals surface area contributed by atoms with Crippen LogP contribution in [0.3, 0.4) is 0 Å². The fourth-order valence-corrected chi connectivity index (χ4v) is 6.00. The molecule has 2 amide bonds. The maximum Gasteiger partial charge on any atom is 0.243 e. The van der Waals surface area contributed by atoms with Gasteiger partial charge in [-0.3, -0.25) is 13.9 Å². The van der Waals surface area contributed by atoms with Crippen LogP contribution in [0.25, 0.3) is 0 Å². The first-order chi connectivity index (χ1) is 19.9. The van der Waals surface area contributed by atoms with Crippen molar-refractivity contribution in [2.45, 2.75) is 51.7 Å². The van der Waals surface area contributed by atoms with Gasteiger partial charge in [0.25, 0.3) is 0 Å². The molecule has 0 aromatic heterocycles. The van der Waals surface area contributed by atoms with Crippen molar-refractivity contribution in [1.29, 1.82) is 0 Å². The van der Waals surface area contributed by atoms with Crippen LogP contribution in [0.15, 0.2) is 72.8 Å². The summed E-state index contributed by atoms with van der Waals surface area (Å²) in [5.41, 5.74) is 2.05. The molecule has 0 saturated carbocycles. The lowest BCUT2D eigenvalue weighted by Crippen LogP contribution is -2.51. The van der Waals surface area contributed by atoms with Crippen LogP contribution in [-0.4, -0.2) is 57.1 Å². The number of methoxy groups -OCH3 is 1. The van der Waals surface area contributed by atoms with E-state index in [1.54, 1.807) is 35.2 Å². The van der Waals surface area contributed by atoms with Crippen molar-refractivity contribution in [1.82, 2.24) is 10.2 Å². The molecule has 0 aliphatic carbocycles. The van der Waals surface area contributed by atoms with Crippen molar-refractivity contribution < 1.29 is 22.7 Å². The first-order valence-corrected chi connectivity index (χ1v) is 16.2. The van der Waals surface area contributed by atoms with Crippen LogP contribution in [0, 0.1) is 0 Å². The number of hydrogen-bond donors (Lipinski definition) is 1. The second kappa shape index (κ2) is 15.3. The molecule has 0 unspecified atom stereocenters. The lowest BCUT2D eigenvalue weighted by molar-refractivity contribution is -0.141. The molecule has 0 heterocycles. The molecule has 0 bridgehead atoms. The third-order valence-corrected chi connectivity index (χ3v) is 8.24. The Morgan fingerprint density at radius 3 is 2.24 bits per heavy atom. The van der Waals surface area contributed by atoms with Gasteiger partial charge in [-0.2, -0.15) is 0 Å². The molecule has 42 heavy (non-hydrogen) atoms. The number of ether oxygens (including phenoxy) is 1. The fraction of sp³-hybridized carbons (Fsp3) is 0.355. The molecule has 0 saturated heterocycles. The number of hydrogen-bond acceptors (Lipinski definition) is 5. The SMILES string of the molecule is COc1ccc(N(CCCC(=O)N(Cc2cccc(Cl)c2)[C@H](Cc2ccccc2)C(=O)NC(C)C)S(C)(=O)=O)cc1Cl. The Bertz CT molecular complexity index is 1470. The second-order valence-corrected chi connectivity index (χ2v) is 13.0. The minimum atomic E-state index is -3.68. The van der Waals surface area contributed by atoms with Crippen LogP contribution in [0.4, 0.5) is 5.69 Å². The lowest BCUT2D eigenvalue weighted by Gasteiger charge is -2.32. The normalized spacial score (nSPS) is 12.1. The highest BCUT2D eigenvalue weighted by Gasteiger charge is 2.31. The number of benzene rings is 3. The van der Waals surface area contributed by atoms with Crippen molar-refractivity contribution in [2.24, 2.45) is 0 Å². The monoisotopic (exact) mass is 633 g/mol. The zero-order chi connectivity index (χ0) is 30.9. The molecule has 11 heteroatoms. The van der Waals surface area contributed by atoms with E-state index in [4.69, 9.17) is 27.9 Å². The average Bonchev–Trinajstić information content (AvgIpc) is 2.92. The quantitative estimate of drug-likeness (QED) is 0.245. The topological polar surface area (TPSA) is 96.0 Å². The Balaban J connectivity index is 1.89. The largest absolute Gasteiger partial charge is 0.495 e. The molecule has 3 rings (SSSR count). The molecule has 226 valence electrons. The summed E-state index contributed by atoms with van der Waals surface area (Å²) in [6, 6.07) is 20.5. The Labute approximate surface area is 258 Å². The first-order valence-electron chi connectivity index (χ1n) is 13.6. The molecular formula is C31H37Cl2N3O5S. The number of rotatable bonds is 14. The van der Waals surface area contributed by atoms with Gasteiger partial charge in [0.1, 0.15) is 11.8 Å². The van der Waals surface area contributed by atoms with Crippen molar-refractivity contribution in [2.75, 3.05) is 24.2 Å². The molecule has 1 atom stereocenters. The number of nitrogens with zero attached hydrogens (tertiary/aromatic N) is 2. The number of carbonyl (C=O) groups excluding carboxylic acids is 2. The molecule has 0 spiro atoms. The summed E-state index contributed by atoms with van der Waals surface area (Å²) in [7, 11) is -2.20. The summed E-state index contributed by atoms with van der Waals surface area (Å²) in [5, 5.41) is 3.75. The number of anilines is 1. The molecule has 0 aliphatic heterocycles. The summed E-state index contributed by atoms with van der Waals surface area (Å²) in [4.78, 5) is 28.9. The smallest absolute Gasteiger partial charge is 0.243 e. The Kier molecular flexibility index (Phi) is 12.1. The van der Waals surface area contributed by atoms with Gasteiger partial charge < -0.3 is 15.0 Å². The van der Waals surface area contributed by atoms with E-state index < -0.39 is 16.1 Å². The minimum Gasteiger partial charge on any atom is -0.495 e. The standard InChI is InChI=1S/C31H37Cl2N3O5S/c1-22(2)34-31(38)28(19-23-10-6-5-7-11-23)35(21-24-12-8-13-25(32)18-24)30(37)14-9-17-36(42(4,39)40)26-15-16-29(41-3)27(33)20-26/h5-8,10-13,15-16,18,20,22,28H,9,14,17,19,21H2,1-4H3,(H,34,38)/t28-/m1/s1. The number of sulfonamides is 1. The van der Waals surface area contributed by atoms with Gasteiger partial charge in [0, 0.05) is 37.0 Å². The summed E-state index contributed by atoms with van der Waals surface area (Å²) in [5.74, 6) is -0.129. The van der Waals surface area contributed by atoms with E-state index in [2.05, 4.69) is 5.32 Å². The second-order valence-electron chi connectivity index (χ2n) is 10.3. The van der Waals surface area contributed by atoms with Crippen molar-refractivity contribution >= 4 is 50.7 Å². The molecule has 8 nitrogen and oxygen atoms in total. The Hall–Kier alpha value is -3.27. The number of carbonyl (C=O) groups is 2. The van der Waals surface area contributed by atoms with E-state index in [9.17, 15) is 18.0 Å². The van der Waals surface area contributed by atoms with Gasteiger partial charge in [0.05, 0.1) is 24.1 Å². The zero-order valence-electron chi connectivity index (χ0n) is 24.2. The van der Waals surface area contributed by atoms with Gasteiger partial charge in [-0.25, -0.2) is 8.42 Å². The van der Waals surface area contributed by atoms with Crippen LogP contribution in [0.5, 0.6) is 5.75 Å². The van der Waals surface area contributed by atoms with Gasteiger partial charge in [-0.1, -0.05) is 65.7 Å². The van der Waals surface area contributed by atoms with Gasteiger partial charge in [-0.15, -0.1) is 0 Å². The maximum atomic E-state index is 13.9. The third-order valence-electron chi connectivity index (χ3n) is 6.52. The predicted octanol–water partition coefficient (Wildman–Crippen LogP) is 5.71. The molecule has 0 aliphatic rings. The van der Waals surface area contributed by atoms with Crippen LogP contribution in [-0.2, 0) is 32.6 Å². The molecule has 0 radical (unpaired) electrons. The highest BCUT2D eigenvalue weighted by atomic mass is 35.5. The van der Waals surface area contributed by atoms with E-state index in [-0.39, 0.29) is 48.8 Å². The van der Waals surface area contributed by atoms with Crippen LogP contribution >= 0.6 is 23.2 Å². The van der Waals surface area contributed by atoms with E-state index in [0.29, 0.717) is 22.9 Å². The lowest BCUT2D eigenvalue weighted by atomic mass is 10.0. The number of nitrogens with one attached hydrogen (secondary N) is 1. The zero-order valence-corrected chi connectivity index (χ0v) is 26.5. The highest BCUT2D eigenvalue weighted by Crippen LogP contribution is 2.30. The van der Waals surface area contributed by atoms with E-state index in [0.717, 1.165) is 17.4 Å². The van der Waals surface area contributed by atoms with Crippen molar-refractivity contribution in [3.63, 3.8) is 0 Å². The molecular weight excluding hydrogens is 597 g/mol. The highest BCUT2D eigenvalue weighted by molar-refractivity contribution is 7.92. The summed E-state index contributed by atoms with van der Waals surface area (Å²) in [6.07, 6.45) is 1.64. The van der Waals surface area contributed by atoms with Crippen molar-refractivity contribution in [3.8, 4) is 5.75 Å². The molecule has 3 aromatic carbocycles. The Morgan fingerprint density at radius 1 is 0.952 bits per heavy atom. The summed E-state index contributed by atoms with van der Waals surface area (Å²) >= 11 is 12.5. The number of halogens is 2. The molecule has 1 N–H and O–H groups in total. The van der Waals surface area contributed by atoms with Crippen molar-refractivity contribution in [3.05, 3.63) is 94.0 Å². The predicted molar refractivity (Wildman–Crippen MR) is 169 cm³/mol. The van der Waals surface area contributed by atoms with Crippen LogP contribution in [0.1, 0.15) is 37.8 Å². The van der Waals surface area contributed by atoms with Gasteiger partial charge in [0.15, 0.2) is 0 Å². The average molecular weight is 635 g/mol. The minimum absolute atomic E-state index is 0.0106. The summed E-state index contributed by atoms with van der Waals surface area (Å²) < 4.78 is 31.7. The fourth-order valence-electron chi connectivity index (χ4n) is 4.58. The third kappa shape index (κ3) is 9.64. The first kappa shape index (κ1) is 33.2. The van der Waals surface area contributed by atoms with Gasteiger partial charge in [0.2, 0.25) is 21.8 Å². The van der Waals surface area contributed by atoms with E-state index >= 15 is 0 Å². The van der Waals surface area contributed by atoms with Gasteiger partial charge >= 0.3 is 0 Å².